The van der Waals surface area contributed by atoms with Gasteiger partial charge in [0, 0.05) is 28.6 Å². The van der Waals surface area contributed by atoms with Gasteiger partial charge in [-0.15, -0.1) is 11.3 Å². The first-order valence-corrected chi connectivity index (χ1v) is 5.93. The molecule has 1 unspecified atom stereocenters. The lowest BCUT2D eigenvalue weighted by Crippen LogP contribution is -2.08. The van der Waals surface area contributed by atoms with Crippen molar-refractivity contribution in [3.8, 4) is 0 Å². The Hall–Kier alpha value is -0.630. The van der Waals surface area contributed by atoms with Crippen LogP contribution in [-0.4, -0.2) is 12.8 Å². The van der Waals surface area contributed by atoms with Crippen molar-refractivity contribution >= 4 is 17.6 Å². The Labute approximate surface area is 82.5 Å². The SMILES string of the molecule is C1=NCCC2CCCc3scc1c32. The molecule has 2 aliphatic rings. The van der Waals surface area contributed by atoms with Crippen LogP contribution in [0, 0.1) is 0 Å². The number of nitrogens with zero attached hydrogens (tertiary/aromatic N) is 1. The van der Waals surface area contributed by atoms with Gasteiger partial charge in [0.2, 0.25) is 0 Å². The highest BCUT2D eigenvalue weighted by Gasteiger charge is 2.25. The molecule has 13 heavy (non-hydrogen) atoms. The van der Waals surface area contributed by atoms with Crippen molar-refractivity contribution in [1.29, 1.82) is 0 Å². The van der Waals surface area contributed by atoms with Crippen LogP contribution in [0.1, 0.15) is 41.2 Å². The third kappa shape index (κ3) is 1.16. The lowest BCUT2D eigenvalue weighted by Gasteiger charge is -2.21. The van der Waals surface area contributed by atoms with E-state index in [2.05, 4.69) is 16.6 Å². The van der Waals surface area contributed by atoms with E-state index >= 15 is 0 Å². The fourth-order valence-corrected chi connectivity index (χ4v) is 3.65. The van der Waals surface area contributed by atoms with Crippen LogP contribution in [0.5, 0.6) is 0 Å². The minimum absolute atomic E-state index is 0.826. The predicted molar refractivity (Wildman–Crippen MR) is 57.1 cm³/mol. The molecule has 68 valence electrons. The molecule has 2 heterocycles. The molecule has 0 amide bonds. The van der Waals surface area contributed by atoms with Gasteiger partial charge in [0.25, 0.3) is 0 Å². The van der Waals surface area contributed by atoms with E-state index in [1.165, 1.54) is 31.2 Å². The maximum atomic E-state index is 4.43. The summed E-state index contributed by atoms with van der Waals surface area (Å²) in [5.74, 6) is 0.826. The van der Waals surface area contributed by atoms with Crippen molar-refractivity contribution in [3.63, 3.8) is 0 Å². The van der Waals surface area contributed by atoms with Crippen molar-refractivity contribution in [1.82, 2.24) is 0 Å². The summed E-state index contributed by atoms with van der Waals surface area (Å²) >= 11 is 1.94. The molecule has 2 heteroatoms. The van der Waals surface area contributed by atoms with E-state index in [1.54, 1.807) is 10.4 Å². The molecule has 1 atom stereocenters. The number of aryl methyl sites for hydroxylation is 1. The fraction of sp³-hybridized carbons (Fsp3) is 0.545. The third-order valence-corrected chi connectivity index (χ3v) is 4.22. The van der Waals surface area contributed by atoms with Gasteiger partial charge in [-0.1, -0.05) is 0 Å². The van der Waals surface area contributed by atoms with Crippen molar-refractivity contribution < 1.29 is 0 Å². The van der Waals surface area contributed by atoms with E-state index in [0.717, 1.165) is 12.5 Å². The summed E-state index contributed by atoms with van der Waals surface area (Å²) in [5, 5.41) is 2.29. The first-order chi connectivity index (χ1) is 6.45. The quantitative estimate of drug-likeness (QED) is 0.598. The maximum absolute atomic E-state index is 4.43. The average molecular weight is 191 g/mol. The largest absolute Gasteiger partial charge is 0.292 e. The Balaban J connectivity index is 2.16. The van der Waals surface area contributed by atoms with Crippen molar-refractivity contribution in [2.75, 3.05) is 6.54 Å². The van der Waals surface area contributed by atoms with Gasteiger partial charge in [-0.2, -0.15) is 0 Å². The molecule has 1 nitrogen and oxygen atoms in total. The first kappa shape index (κ1) is 7.74. The van der Waals surface area contributed by atoms with Gasteiger partial charge in [-0.25, -0.2) is 0 Å². The van der Waals surface area contributed by atoms with Gasteiger partial charge in [0.1, 0.15) is 0 Å². The zero-order valence-electron chi connectivity index (χ0n) is 7.62. The predicted octanol–water partition coefficient (Wildman–Crippen LogP) is 2.99. The molecular weight excluding hydrogens is 178 g/mol. The zero-order valence-corrected chi connectivity index (χ0v) is 8.44. The highest BCUT2D eigenvalue weighted by molar-refractivity contribution is 7.10. The topological polar surface area (TPSA) is 12.4 Å². The lowest BCUT2D eigenvalue weighted by molar-refractivity contribution is 0.535. The van der Waals surface area contributed by atoms with Crippen LogP contribution in [0.3, 0.4) is 0 Å². The standard InChI is InChI=1S/C11H13NS/c1-2-8-4-5-12-6-9-7-13-10(3-1)11(8)9/h6-8H,1-5H2. The van der Waals surface area contributed by atoms with Crippen LogP contribution in [0.2, 0.25) is 0 Å². The Morgan fingerprint density at radius 3 is 3.38 bits per heavy atom. The molecule has 0 N–H and O–H groups in total. The molecule has 0 spiro atoms. The van der Waals surface area contributed by atoms with Gasteiger partial charge >= 0.3 is 0 Å². The molecule has 1 aliphatic carbocycles. The molecule has 0 radical (unpaired) electrons. The third-order valence-electron chi connectivity index (χ3n) is 3.14. The molecule has 3 rings (SSSR count). The van der Waals surface area contributed by atoms with E-state index in [0.29, 0.717) is 0 Å². The highest BCUT2D eigenvalue weighted by Crippen LogP contribution is 2.40. The Morgan fingerprint density at radius 1 is 1.38 bits per heavy atom. The second-order valence-electron chi connectivity index (χ2n) is 3.94. The molecule has 1 aromatic rings. The fourth-order valence-electron chi connectivity index (χ4n) is 2.51. The van der Waals surface area contributed by atoms with E-state index in [-0.39, 0.29) is 0 Å². The monoisotopic (exact) mass is 191 g/mol. The molecule has 1 aliphatic heterocycles. The normalized spacial score (nSPS) is 25.4. The van der Waals surface area contributed by atoms with Crippen molar-refractivity contribution in [2.45, 2.75) is 31.6 Å². The number of aliphatic imine (C=N–C) groups is 1. The Kier molecular flexibility index (Phi) is 1.76. The summed E-state index contributed by atoms with van der Waals surface area (Å²) in [4.78, 5) is 6.07. The molecule has 0 fully saturated rings. The second-order valence-corrected chi connectivity index (χ2v) is 4.91. The maximum Gasteiger partial charge on any atom is 0.0395 e. The summed E-state index contributed by atoms with van der Waals surface area (Å²) in [6.45, 7) is 1.03. The number of hydrogen-bond donors (Lipinski definition) is 0. The van der Waals surface area contributed by atoms with Gasteiger partial charge in [0.15, 0.2) is 0 Å². The van der Waals surface area contributed by atoms with E-state index in [4.69, 9.17) is 0 Å². The summed E-state index contributed by atoms with van der Waals surface area (Å²) in [5.41, 5.74) is 3.07. The van der Waals surface area contributed by atoms with Gasteiger partial charge < -0.3 is 0 Å². The van der Waals surface area contributed by atoms with E-state index in [1.807, 2.05) is 11.3 Å². The highest BCUT2D eigenvalue weighted by atomic mass is 32.1. The molecular formula is C11H13NS. The van der Waals surface area contributed by atoms with Crippen LogP contribution < -0.4 is 0 Å². The molecule has 0 saturated carbocycles. The summed E-state index contributed by atoms with van der Waals surface area (Å²) in [6.07, 6.45) is 7.44. The van der Waals surface area contributed by atoms with E-state index < -0.39 is 0 Å². The molecule has 0 bridgehead atoms. The van der Waals surface area contributed by atoms with Gasteiger partial charge in [-0.05, 0) is 37.2 Å². The number of thiophene rings is 1. The van der Waals surface area contributed by atoms with Crippen molar-refractivity contribution in [3.05, 3.63) is 21.4 Å². The number of rotatable bonds is 0. The molecule has 1 aromatic heterocycles. The minimum atomic E-state index is 0.826. The summed E-state index contributed by atoms with van der Waals surface area (Å²) in [7, 11) is 0. The number of hydrogen-bond acceptors (Lipinski definition) is 2. The average Bonchev–Trinajstić information content (AvgIpc) is 2.44. The Morgan fingerprint density at radius 2 is 2.38 bits per heavy atom. The van der Waals surface area contributed by atoms with Crippen LogP contribution in [-0.2, 0) is 6.42 Å². The van der Waals surface area contributed by atoms with Crippen LogP contribution in [0.15, 0.2) is 10.4 Å². The smallest absolute Gasteiger partial charge is 0.0395 e. The van der Waals surface area contributed by atoms with Gasteiger partial charge in [0.05, 0.1) is 0 Å². The second kappa shape index (κ2) is 2.95. The van der Waals surface area contributed by atoms with Crippen LogP contribution in [0.25, 0.3) is 0 Å². The molecule has 0 aromatic carbocycles. The van der Waals surface area contributed by atoms with Crippen LogP contribution in [0.4, 0.5) is 0 Å². The summed E-state index contributed by atoms with van der Waals surface area (Å²) in [6, 6.07) is 0. The van der Waals surface area contributed by atoms with Crippen molar-refractivity contribution in [2.24, 2.45) is 4.99 Å². The Bertz CT molecular complexity index is 351. The van der Waals surface area contributed by atoms with Crippen LogP contribution >= 0.6 is 11.3 Å². The van der Waals surface area contributed by atoms with E-state index in [9.17, 15) is 0 Å². The minimum Gasteiger partial charge on any atom is -0.292 e. The zero-order chi connectivity index (χ0) is 8.67. The molecule has 0 saturated heterocycles. The summed E-state index contributed by atoms with van der Waals surface area (Å²) < 4.78 is 0. The van der Waals surface area contributed by atoms with Gasteiger partial charge in [-0.3, -0.25) is 4.99 Å². The lowest BCUT2D eigenvalue weighted by atomic mass is 9.84. The first-order valence-electron chi connectivity index (χ1n) is 5.05.